The second-order valence-electron chi connectivity index (χ2n) is 1.20. The Morgan fingerprint density at radius 2 is 0.545 bits per heavy atom. The van der Waals surface area contributed by atoms with Gasteiger partial charge in [-0.3, -0.25) is 0 Å². The van der Waals surface area contributed by atoms with Crippen molar-refractivity contribution in [3.8, 4) is 0 Å². The maximum Gasteiger partial charge on any atom is 1.00 e. The SMILES string of the molecule is O[Si](O)(O)O.O[Si](O)(O)O.[H-].[Li+]. The third-order valence-corrected chi connectivity index (χ3v) is 0. The molecule has 0 spiro atoms. The molecule has 0 atom stereocenters. The summed E-state index contributed by atoms with van der Waals surface area (Å²) in [4.78, 5) is 58.6. The van der Waals surface area contributed by atoms with E-state index in [1.165, 1.54) is 0 Å². The molecule has 0 bridgehead atoms. The summed E-state index contributed by atoms with van der Waals surface area (Å²) in [5.41, 5.74) is 0. The van der Waals surface area contributed by atoms with E-state index in [9.17, 15) is 0 Å². The van der Waals surface area contributed by atoms with Crippen LogP contribution in [0.1, 0.15) is 1.43 Å². The van der Waals surface area contributed by atoms with E-state index in [4.69, 9.17) is 38.4 Å². The Kier molecular flexibility index (Phi) is 10.1. The molecular formula is H9LiO8Si2. The van der Waals surface area contributed by atoms with Gasteiger partial charge in [-0.2, -0.15) is 0 Å². The van der Waals surface area contributed by atoms with Gasteiger partial charge in [-0.15, -0.1) is 0 Å². The predicted octanol–water partition coefficient (Wildman–Crippen LogP) is -8.10. The van der Waals surface area contributed by atoms with Gasteiger partial charge in [0.2, 0.25) is 0 Å². The summed E-state index contributed by atoms with van der Waals surface area (Å²) < 4.78 is 0. The van der Waals surface area contributed by atoms with Gasteiger partial charge < -0.3 is 39.8 Å². The van der Waals surface area contributed by atoms with Gasteiger partial charge in [0.1, 0.15) is 0 Å². The molecule has 0 saturated carbocycles. The third-order valence-electron chi connectivity index (χ3n) is 0. The van der Waals surface area contributed by atoms with Crippen LogP contribution < -0.4 is 18.9 Å². The zero-order valence-corrected chi connectivity index (χ0v) is 7.58. The standard InChI is InChI=1S/Li.2H4O4Si.H/c;2*1-5(2,3)4;/h;2*1-4H;/q+1;;;-1. The van der Waals surface area contributed by atoms with Crippen LogP contribution in [0, 0.1) is 0 Å². The Hall–Kier alpha value is 0.711. The molecule has 0 unspecified atom stereocenters. The molecule has 0 aromatic heterocycles. The van der Waals surface area contributed by atoms with Crippen LogP contribution in [0.15, 0.2) is 0 Å². The smallest absolute Gasteiger partial charge is 1.00 e. The van der Waals surface area contributed by atoms with Crippen LogP contribution in [0.3, 0.4) is 0 Å². The number of rotatable bonds is 0. The van der Waals surface area contributed by atoms with Crippen LogP contribution in [-0.4, -0.2) is 56.5 Å². The van der Waals surface area contributed by atoms with Crippen molar-refractivity contribution in [2.75, 3.05) is 0 Å². The normalized spacial score (nSPS) is 10.9. The van der Waals surface area contributed by atoms with Crippen LogP contribution in [0.4, 0.5) is 0 Å². The molecule has 0 aliphatic rings. The van der Waals surface area contributed by atoms with Gasteiger partial charge in [-0.1, -0.05) is 0 Å². The van der Waals surface area contributed by atoms with E-state index in [-0.39, 0.29) is 20.3 Å². The zero-order chi connectivity index (χ0) is 9.00. The van der Waals surface area contributed by atoms with E-state index in [2.05, 4.69) is 0 Å². The summed E-state index contributed by atoms with van der Waals surface area (Å²) in [6.07, 6.45) is 0. The Labute approximate surface area is 77.3 Å². The van der Waals surface area contributed by atoms with Crippen molar-refractivity contribution >= 4 is 18.1 Å². The molecule has 11 heavy (non-hydrogen) atoms. The fourth-order valence-electron chi connectivity index (χ4n) is 0. The second kappa shape index (κ2) is 6.25. The predicted molar refractivity (Wildman–Crippen MR) is 30.4 cm³/mol. The molecule has 8 nitrogen and oxygen atoms in total. The number of hydrogen-bond donors (Lipinski definition) is 8. The molecule has 0 fully saturated rings. The largest absolute Gasteiger partial charge is 1.00 e. The number of hydrogen-bond acceptors (Lipinski definition) is 8. The molecule has 66 valence electrons. The van der Waals surface area contributed by atoms with Gasteiger partial charge in [0.15, 0.2) is 0 Å². The monoisotopic (exact) mass is 200 g/mol. The maximum absolute atomic E-state index is 7.33. The van der Waals surface area contributed by atoms with Gasteiger partial charge in [0.25, 0.3) is 0 Å². The topological polar surface area (TPSA) is 162 Å². The first kappa shape index (κ1) is 17.7. The van der Waals surface area contributed by atoms with Crippen molar-refractivity contribution in [1.29, 1.82) is 0 Å². The van der Waals surface area contributed by atoms with Crippen LogP contribution in [0.25, 0.3) is 0 Å². The van der Waals surface area contributed by atoms with Crippen molar-refractivity contribution < 1.29 is 58.7 Å². The van der Waals surface area contributed by atoms with E-state index in [1.54, 1.807) is 0 Å². The van der Waals surface area contributed by atoms with Crippen LogP contribution in [0.2, 0.25) is 0 Å². The molecule has 11 heteroatoms. The average Bonchev–Trinajstić information content (AvgIpc) is 1.12. The van der Waals surface area contributed by atoms with Gasteiger partial charge in [0.05, 0.1) is 0 Å². The Balaban J connectivity index is -0.0000000457. The first-order valence-corrected chi connectivity index (χ1v) is 5.37. The Morgan fingerprint density at radius 3 is 0.545 bits per heavy atom. The average molecular weight is 200 g/mol. The summed E-state index contributed by atoms with van der Waals surface area (Å²) in [7, 11) is -9.22. The molecule has 0 aromatic rings. The minimum Gasteiger partial charge on any atom is -1.00 e. The summed E-state index contributed by atoms with van der Waals surface area (Å²) in [5.74, 6) is 0. The fraction of sp³-hybridized carbons (Fsp3) is 0. The third kappa shape index (κ3) is 1610. The molecule has 0 aliphatic heterocycles. The summed E-state index contributed by atoms with van der Waals surface area (Å²) in [6, 6.07) is 0. The van der Waals surface area contributed by atoms with Gasteiger partial charge in [0, 0.05) is 0 Å². The van der Waals surface area contributed by atoms with Crippen molar-refractivity contribution in [2.45, 2.75) is 0 Å². The molecule has 0 aliphatic carbocycles. The quantitative estimate of drug-likeness (QED) is 0.179. The van der Waals surface area contributed by atoms with Crippen LogP contribution >= 0.6 is 0 Å². The maximum atomic E-state index is 7.33. The molecule has 0 heterocycles. The molecule has 0 radical (unpaired) electrons. The van der Waals surface area contributed by atoms with Gasteiger partial charge in [-0.25, -0.2) is 0 Å². The summed E-state index contributed by atoms with van der Waals surface area (Å²) in [6.45, 7) is 0. The van der Waals surface area contributed by atoms with E-state index in [0.717, 1.165) is 0 Å². The second-order valence-corrected chi connectivity index (χ2v) is 3.60. The Bertz CT molecular complexity index is 60.0. The molecule has 0 aromatic carbocycles. The van der Waals surface area contributed by atoms with E-state index in [0.29, 0.717) is 0 Å². The van der Waals surface area contributed by atoms with E-state index in [1.807, 2.05) is 0 Å². The molecule has 0 rings (SSSR count). The van der Waals surface area contributed by atoms with Crippen molar-refractivity contribution in [3.05, 3.63) is 0 Å². The van der Waals surface area contributed by atoms with E-state index < -0.39 is 18.1 Å². The van der Waals surface area contributed by atoms with Crippen molar-refractivity contribution in [1.82, 2.24) is 0 Å². The molecule has 0 amide bonds. The molecule has 8 N–H and O–H groups in total. The van der Waals surface area contributed by atoms with Crippen molar-refractivity contribution in [2.24, 2.45) is 0 Å². The summed E-state index contributed by atoms with van der Waals surface area (Å²) >= 11 is 0. The minimum atomic E-state index is -4.61. The molecular weight excluding hydrogens is 191 g/mol. The van der Waals surface area contributed by atoms with Crippen molar-refractivity contribution in [3.63, 3.8) is 0 Å². The first-order valence-electron chi connectivity index (χ1n) is 1.79. The fourth-order valence-corrected chi connectivity index (χ4v) is 0. The van der Waals surface area contributed by atoms with E-state index >= 15 is 0 Å². The van der Waals surface area contributed by atoms with Crippen LogP contribution in [0.5, 0.6) is 0 Å². The van der Waals surface area contributed by atoms with Gasteiger partial charge in [-0.05, 0) is 0 Å². The first-order chi connectivity index (χ1) is 4.00. The zero-order valence-electron chi connectivity index (χ0n) is 6.58. The van der Waals surface area contributed by atoms with Crippen LogP contribution in [-0.2, 0) is 0 Å². The minimum absolute atomic E-state index is 0. The van der Waals surface area contributed by atoms with Gasteiger partial charge >= 0.3 is 37.0 Å². The Morgan fingerprint density at radius 1 is 0.545 bits per heavy atom. The molecule has 0 saturated heterocycles. The summed E-state index contributed by atoms with van der Waals surface area (Å²) in [5, 5.41) is 0.